The number of benzene rings is 1. The summed E-state index contributed by atoms with van der Waals surface area (Å²) in [4.78, 5) is 14.5. The van der Waals surface area contributed by atoms with Crippen molar-refractivity contribution in [2.24, 2.45) is 0 Å². The molecule has 0 saturated carbocycles. The van der Waals surface area contributed by atoms with Crippen molar-refractivity contribution in [2.75, 3.05) is 5.32 Å². The molecule has 0 bridgehead atoms. The third-order valence-corrected chi connectivity index (χ3v) is 3.33. The number of thiazole rings is 1. The van der Waals surface area contributed by atoms with E-state index in [-0.39, 0.29) is 17.5 Å². The van der Waals surface area contributed by atoms with E-state index in [9.17, 15) is 15.2 Å². The monoisotopic (exact) mass is 265 g/mol. The highest BCUT2D eigenvalue weighted by Gasteiger charge is 2.17. The molecule has 0 spiro atoms. The summed E-state index contributed by atoms with van der Waals surface area (Å²) in [5, 5.41) is 25.9. The zero-order valence-electron chi connectivity index (χ0n) is 9.53. The highest BCUT2D eigenvalue weighted by molar-refractivity contribution is 7.09. The van der Waals surface area contributed by atoms with Crippen LogP contribution in [-0.4, -0.2) is 15.0 Å². The van der Waals surface area contributed by atoms with Gasteiger partial charge in [0.1, 0.15) is 16.4 Å². The Balaban J connectivity index is 2.26. The first kappa shape index (κ1) is 12.3. The molecule has 1 aromatic heterocycles. The van der Waals surface area contributed by atoms with Crippen LogP contribution in [0.1, 0.15) is 18.0 Å². The summed E-state index contributed by atoms with van der Waals surface area (Å²) < 4.78 is 0. The summed E-state index contributed by atoms with van der Waals surface area (Å²) in [7, 11) is 0. The van der Waals surface area contributed by atoms with Crippen LogP contribution in [0.25, 0.3) is 0 Å². The molecule has 0 saturated heterocycles. The van der Waals surface area contributed by atoms with Crippen molar-refractivity contribution in [1.82, 2.24) is 4.98 Å². The molecular formula is C11H11N3O3S. The number of aromatic hydroxyl groups is 1. The number of nitrogens with one attached hydrogen (secondary N) is 1. The highest BCUT2D eigenvalue weighted by atomic mass is 32.1. The van der Waals surface area contributed by atoms with E-state index >= 15 is 0 Å². The zero-order chi connectivity index (χ0) is 13.1. The molecule has 1 aromatic carbocycles. The Hall–Kier alpha value is -2.15. The molecule has 0 fully saturated rings. The van der Waals surface area contributed by atoms with Gasteiger partial charge in [0.15, 0.2) is 0 Å². The fourth-order valence-corrected chi connectivity index (χ4v) is 2.18. The predicted molar refractivity (Wildman–Crippen MR) is 68.9 cm³/mol. The molecule has 6 nitrogen and oxygen atoms in total. The average Bonchev–Trinajstić information content (AvgIpc) is 2.84. The number of phenols is 1. The van der Waals surface area contributed by atoms with Gasteiger partial charge in [-0.1, -0.05) is 0 Å². The summed E-state index contributed by atoms with van der Waals surface area (Å²) in [5.41, 5.74) is 0.207. The van der Waals surface area contributed by atoms with Crippen LogP contribution < -0.4 is 5.32 Å². The Morgan fingerprint density at radius 1 is 1.56 bits per heavy atom. The fraction of sp³-hybridized carbons (Fsp3) is 0.182. The van der Waals surface area contributed by atoms with Gasteiger partial charge in [-0.2, -0.15) is 0 Å². The molecule has 0 amide bonds. The number of anilines is 1. The van der Waals surface area contributed by atoms with E-state index in [1.54, 1.807) is 6.20 Å². The molecule has 2 rings (SSSR count). The minimum absolute atomic E-state index is 0.130. The maximum Gasteiger partial charge on any atom is 0.296 e. The van der Waals surface area contributed by atoms with Gasteiger partial charge in [-0.05, 0) is 19.1 Å². The Morgan fingerprint density at radius 2 is 2.33 bits per heavy atom. The number of phenolic OH excluding ortho intramolecular Hbond substituents is 1. The second-order valence-electron chi connectivity index (χ2n) is 3.69. The first-order valence-electron chi connectivity index (χ1n) is 5.21. The lowest BCUT2D eigenvalue weighted by atomic mass is 10.2. The van der Waals surface area contributed by atoms with Gasteiger partial charge in [0.05, 0.1) is 17.0 Å². The van der Waals surface area contributed by atoms with Gasteiger partial charge in [-0.15, -0.1) is 11.3 Å². The van der Waals surface area contributed by atoms with Gasteiger partial charge in [0, 0.05) is 11.6 Å². The third kappa shape index (κ3) is 2.57. The zero-order valence-corrected chi connectivity index (χ0v) is 10.3. The topological polar surface area (TPSA) is 88.3 Å². The second-order valence-corrected chi connectivity index (χ2v) is 4.62. The van der Waals surface area contributed by atoms with Crippen LogP contribution >= 0.6 is 11.3 Å². The van der Waals surface area contributed by atoms with Crippen molar-refractivity contribution >= 4 is 22.7 Å². The number of nitro groups is 1. The van der Waals surface area contributed by atoms with Crippen LogP contribution in [0, 0.1) is 10.1 Å². The van der Waals surface area contributed by atoms with Crippen LogP contribution in [0.15, 0.2) is 29.8 Å². The lowest BCUT2D eigenvalue weighted by Crippen LogP contribution is -2.07. The van der Waals surface area contributed by atoms with Crippen molar-refractivity contribution in [1.29, 1.82) is 0 Å². The summed E-state index contributed by atoms with van der Waals surface area (Å²) in [6, 6.07) is 3.88. The third-order valence-electron chi connectivity index (χ3n) is 2.37. The second kappa shape index (κ2) is 5.01. The number of aromatic nitrogens is 1. The predicted octanol–water partition coefficient (Wildman–Crippen LogP) is 2.93. The molecule has 0 radical (unpaired) electrons. The average molecular weight is 265 g/mol. The maximum atomic E-state index is 10.9. The Labute approximate surface area is 107 Å². The van der Waals surface area contributed by atoms with Crippen LogP contribution in [0.4, 0.5) is 11.4 Å². The minimum Gasteiger partial charge on any atom is -0.508 e. The van der Waals surface area contributed by atoms with E-state index in [1.165, 1.54) is 23.5 Å². The molecule has 1 unspecified atom stereocenters. The molecule has 18 heavy (non-hydrogen) atoms. The normalized spacial score (nSPS) is 12.1. The summed E-state index contributed by atoms with van der Waals surface area (Å²) in [6.07, 6.45) is 1.68. The number of hydrogen-bond donors (Lipinski definition) is 2. The standard InChI is InChI=1S/C11H11N3O3S/c1-7(11-12-4-5-18-11)13-9-3-2-8(15)6-10(9)14(16)17/h2-7,13,15H,1H3. The van der Waals surface area contributed by atoms with Crippen molar-refractivity contribution in [3.05, 3.63) is 44.9 Å². The van der Waals surface area contributed by atoms with Crippen molar-refractivity contribution < 1.29 is 10.0 Å². The van der Waals surface area contributed by atoms with Gasteiger partial charge in [0.2, 0.25) is 0 Å². The van der Waals surface area contributed by atoms with Gasteiger partial charge < -0.3 is 10.4 Å². The van der Waals surface area contributed by atoms with E-state index in [0.717, 1.165) is 11.1 Å². The van der Waals surface area contributed by atoms with Gasteiger partial charge in [0.25, 0.3) is 5.69 Å². The van der Waals surface area contributed by atoms with Crippen molar-refractivity contribution in [2.45, 2.75) is 13.0 Å². The maximum absolute atomic E-state index is 10.9. The van der Waals surface area contributed by atoms with Crippen molar-refractivity contribution in [3.63, 3.8) is 0 Å². The first-order valence-corrected chi connectivity index (χ1v) is 6.09. The van der Waals surface area contributed by atoms with E-state index in [4.69, 9.17) is 0 Å². The first-order chi connectivity index (χ1) is 8.58. The lowest BCUT2D eigenvalue weighted by molar-refractivity contribution is -0.384. The van der Waals surface area contributed by atoms with Crippen LogP contribution in [-0.2, 0) is 0 Å². The molecule has 1 atom stereocenters. The summed E-state index contributed by atoms with van der Waals surface area (Å²) in [6.45, 7) is 1.87. The Bertz CT molecular complexity index is 557. The van der Waals surface area contributed by atoms with E-state index in [0.29, 0.717) is 5.69 Å². The Morgan fingerprint density at radius 3 is 2.94 bits per heavy atom. The summed E-state index contributed by atoms with van der Waals surface area (Å²) >= 11 is 1.47. The number of nitrogens with zero attached hydrogens (tertiary/aromatic N) is 2. The molecular weight excluding hydrogens is 254 g/mol. The van der Waals surface area contributed by atoms with Crippen LogP contribution in [0.2, 0.25) is 0 Å². The van der Waals surface area contributed by atoms with Gasteiger partial charge in [-0.25, -0.2) is 4.98 Å². The largest absolute Gasteiger partial charge is 0.508 e. The van der Waals surface area contributed by atoms with Crippen LogP contribution in [0.3, 0.4) is 0 Å². The Kier molecular flexibility index (Phi) is 3.42. The lowest BCUT2D eigenvalue weighted by Gasteiger charge is -2.12. The van der Waals surface area contributed by atoms with Crippen molar-refractivity contribution in [3.8, 4) is 5.75 Å². The number of hydrogen-bond acceptors (Lipinski definition) is 6. The molecule has 0 aliphatic rings. The molecule has 2 N–H and O–H groups in total. The molecule has 0 aliphatic carbocycles. The minimum atomic E-state index is -0.531. The highest BCUT2D eigenvalue weighted by Crippen LogP contribution is 2.31. The smallest absolute Gasteiger partial charge is 0.296 e. The van der Waals surface area contributed by atoms with E-state index < -0.39 is 4.92 Å². The molecule has 94 valence electrons. The van der Waals surface area contributed by atoms with Gasteiger partial charge in [-0.3, -0.25) is 10.1 Å². The number of rotatable bonds is 4. The van der Waals surface area contributed by atoms with E-state index in [2.05, 4.69) is 10.3 Å². The molecule has 1 heterocycles. The molecule has 0 aliphatic heterocycles. The SMILES string of the molecule is CC(Nc1ccc(O)cc1[N+](=O)[O-])c1nccs1. The molecule has 2 aromatic rings. The quantitative estimate of drug-likeness (QED) is 0.504. The number of nitro benzene ring substituents is 1. The van der Waals surface area contributed by atoms with Crippen LogP contribution in [0.5, 0.6) is 5.75 Å². The van der Waals surface area contributed by atoms with E-state index in [1.807, 2.05) is 12.3 Å². The molecule has 7 heteroatoms. The summed E-state index contributed by atoms with van der Waals surface area (Å²) in [5.74, 6) is -0.130. The van der Waals surface area contributed by atoms with Gasteiger partial charge >= 0.3 is 0 Å². The fourth-order valence-electron chi connectivity index (χ4n) is 1.54.